The molecule has 0 radical (unpaired) electrons. The molecule has 1 aromatic rings. The van der Waals surface area contributed by atoms with Gasteiger partial charge in [0.15, 0.2) is 0 Å². The SMILES string of the molecule is CNCc1ccc(S(=O)(=O)NC2CC(C)C2)cc1. The maximum atomic E-state index is 12.1. The van der Waals surface area contributed by atoms with Crippen molar-refractivity contribution in [2.75, 3.05) is 7.05 Å². The highest BCUT2D eigenvalue weighted by atomic mass is 32.2. The van der Waals surface area contributed by atoms with E-state index in [2.05, 4.69) is 17.0 Å². The third kappa shape index (κ3) is 3.10. The highest BCUT2D eigenvalue weighted by Gasteiger charge is 2.29. The van der Waals surface area contributed by atoms with Gasteiger partial charge < -0.3 is 5.32 Å². The molecule has 1 fully saturated rings. The van der Waals surface area contributed by atoms with Crippen LogP contribution in [-0.4, -0.2) is 21.5 Å². The normalized spacial score (nSPS) is 23.7. The fraction of sp³-hybridized carbons (Fsp3) is 0.538. The fourth-order valence-corrected chi connectivity index (χ4v) is 3.54. The van der Waals surface area contributed by atoms with Crippen molar-refractivity contribution in [1.82, 2.24) is 10.0 Å². The van der Waals surface area contributed by atoms with Crippen LogP contribution >= 0.6 is 0 Å². The lowest BCUT2D eigenvalue weighted by molar-refractivity contribution is 0.270. The summed E-state index contributed by atoms with van der Waals surface area (Å²) < 4.78 is 26.9. The van der Waals surface area contributed by atoms with Crippen molar-refractivity contribution in [3.8, 4) is 0 Å². The third-order valence-corrected chi connectivity index (χ3v) is 4.85. The van der Waals surface area contributed by atoms with E-state index in [1.807, 2.05) is 19.2 Å². The van der Waals surface area contributed by atoms with Crippen LogP contribution in [-0.2, 0) is 16.6 Å². The maximum absolute atomic E-state index is 12.1. The molecule has 0 unspecified atom stereocenters. The summed E-state index contributed by atoms with van der Waals surface area (Å²) in [7, 11) is -1.48. The van der Waals surface area contributed by atoms with E-state index in [1.165, 1.54) is 0 Å². The van der Waals surface area contributed by atoms with E-state index < -0.39 is 10.0 Å². The van der Waals surface area contributed by atoms with Gasteiger partial charge in [0.1, 0.15) is 0 Å². The van der Waals surface area contributed by atoms with Gasteiger partial charge in [0, 0.05) is 12.6 Å². The number of benzene rings is 1. The predicted molar refractivity (Wildman–Crippen MR) is 71.7 cm³/mol. The van der Waals surface area contributed by atoms with Gasteiger partial charge in [0.25, 0.3) is 0 Å². The van der Waals surface area contributed by atoms with Crippen LogP contribution in [0.4, 0.5) is 0 Å². The Balaban J connectivity index is 2.04. The standard InChI is InChI=1S/C13H20N2O2S/c1-10-7-12(8-10)15-18(16,17)13-5-3-11(4-6-13)9-14-2/h3-6,10,12,14-15H,7-9H2,1-2H3. The molecule has 18 heavy (non-hydrogen) atoms. The highest BCUT2D eigenvalue weighted by molar-refractivity contribution is 7.89. The molecule has 0 aliphatic heterocycles. The Morgan fingerprint density at radius 1 is 1.22 bits per heavy atom. The average molecular weight is 268 g/mol. The Bertz CT molecular complexity index is 490. The van der Waals surface area contributed by atoms with E-state index in [9.17, 15) is 8.42 Å². The van der Waals surface area contributed by atoms with Crippen LogP contribution in [0.5, 0.6) is 0 Å². The summed E-state index contributed by atoms with van der Waals surface area (Å²) in [4.78, 5) is 0.349. The van der Waals surface area contributed by atoms with Crippen molar-refractivity contribution in [3.63, 3.8) is 0 Å². The highest BCUT2D eigenvalue weighted by Crippen LogP contribution is 2.27. The molecule has 0 atom stereocenters. The summed E-state index contributed by atoms with van der Waals surface area (Å²) in [5.41, 5.74) is 1.08. The van der Waals surface area contributed by atoms with Gasteiger partial charge in [-0.05, 0) is 43.5 Å². The molecule has 1 aliphatic carbocycles. The summed E-state index contributed by atoms with van der Waals surface area (Å²) in [6.45, 7) is 2.88. The lowest BCUT2D eigenvalue weighted by atomic mass is 9.83. The van der Waals surface area contributed by atoms with Gasteiger partial charge in [0.05, 0.1) is 4.90 Å². The van der Waals surface area contributed by atoms with Gasteiger partial charge >= 0.3 is 0 Å². The first-order valence-electron chi connectivity index (χ1n) is 6.27. The van der Waals surface area contributed by atoms with Crippen molar-refractivity contribution < 1.29 is 8.42 Å². The number of hydrogen-bond donors (Lipinski definition) is 2. The second kappa shape index (κ2) is 5.38. The minimum Gasteiger partial charge on any atom is -0.316 e. The van der Waals surface area contributed by atoms with Gasteiger partial charge in [-0.3, -0.25) is 0 Å². The molecule has 5 heteroatoms. The summed E-state index contributed by atoms with van der Waals surface area (Å²) in [5.74, 6) is 0.635. The lowest BCUT2D eigenvalue weighted by Crippen LogP contribution is -2.43. The zero-order valence-corrected chi connectivity index (χ0v) is 11.6. The Kier molecular flexibility index (Phi) is 4.04. The molecule has 100 valence electrons. The van der Waals surface area contributed by atoms with Crippen LogP contribution < -0.4 is 10.0 Å². The molecule has 2 N–H and O–H groups in total. The molecular formula is C13H20N2O2S. The van der Waals surface area contributed by atoms with Crippen LogP contribution in [0.25, 0.3) is 0 Å². The molecule has 2 rings (SSSR count). The predicted octanol–water partition coefficient (Wildman–Crippen LogP) is 1.48. The Hall–Kier alpha value is -0.910. The van der Waals surface area contributed by atoms with Crippen molar-refractivity contribution in [1.29, 1.82) is 0 Å². The first-order valence-corrected chi connectivity index (χ1v) is 7.75. The zero-order chi connectivity index (χ0) is 13.2. The molecule has 1 saturated carbocycles. The smallest absolute Gasteiger partial charge is 0.240 e. The lowest BCUT2D eigenvalue weighted by Gasteiger charge is -2.32. The van der Waals surface area contributed by atoms with Gasteiger partial charge in [-0.1, -0.05) is 19.1 Å². The molecular weight excluding hydrogens is 248 g/mol. The first-order chi connectivity index (χ1) is 8.51. The van der Waals surface area contributed by atoms with Crippen molar-refractivity contribution in [2.24, 2.45) is 5.92 Å². The van der Waals surface area contributed by atoms with Gasteiger partial charge in [-0.25, -0.2) is 13.1 Å². The van der Waals surface area contributed by atoms with Gasteiger partial charge in [-0.15, -0.1) is 0 Å². The van der Waals surface area contributed by atoms with Crippen LogP contribution in [0.15, 0.2) is 29.2 Å². The number of rotatable bonds is 5. The van der Waals surface area contributed by atoms with Crippen LogP contribution in [0.2, 0.25) is 0 Å². The number of nitrogens with one attached hydrogen (secondary N) is 2. The van der Waals surface area contributed by atoms with Crippen molar-refractivity contribution in [2.45, 2.75) is 37.2 Å². The van der Waals surface area contributed by atoms with E-state index in [4.69, 9.17) is 0 Å². The molecule has 0 bridgehead atoms. The van der Waals surface area contributed by atoms with E-state index >= 15 is 0 Å². The molecule has 1 aromatic carbocycles. The Morgan fingerprint density at radius 2 is 1.83 bits per heavy atom. The van der Waals surface area contributed by atoms with E-state index in [1.54, 1.807) is 12.1 Å². The summed E-state index contributed by atoms with van der Waals surface area (Å²) in [5, 5.41) is 3.03. The molecule has 0 spiro atoms. The van der Waals surface area contributed by atoms with E-state index in [0.717, 1.165) is 24.9 Å². The Morgan fingerprint density at radius 3 is 2.33 bits per heavy atom. The summed E-state index contributed by atoms with van der Waals surface area (Å²) in [6.07, 6.45) is 1.88. The van der Waals surface area contributed by atoms with Gasteiger partial charge in [0.2, 0.25) is 10.0 Å². The Labute approximate surface area is 109 Å². The monoisotopic (exact) mass is 268 g/mol. The minimum atomic E-state index is -3.35. The van der Waals surface area contributed by atoms with E-state index in [-0.39, 0.29) is 6.04 Å². The van der Waals surface area contributed by atoms with E-state index in [0.29, 0.717) is 10.8 Å². The van der Waals surface area contributed by atoms with Crippen LogP contribution in [0, 0.1) is 5.92 Å². The average Bonchev–Trinajstić information content (AvgIpc) is 2.28. The maximum Gasteiger partial charge on any atom is 0.240 e. The summed E-state index contributed by atoms with van der Waals surface area (Å²) >= 11 is 0. The van der Waals surface area contributed by atoms with Crippen molar-refractivity contribution in [3.05, 3.63) is 29.8 Å². The first kappa shape index (κ1) is 13.5. The molecule has 0 saturated heterocycles. The molecule has 0 heterocycles. The third-order valence-electron chi connectivity index (χ3n) is 3.31. The second-order valence-electron chi connectivity index (χ2n) is 5.07. The van der Waals surface area contributed by atoms with Crippen molar-refractivity contribution >= 4 is 10.0 Å². The minimum absolute atomic E-state index is 0.113. The van der Waals surface area contributed by atoms with Crippen LogP contribution in [0.3, 0.4) is 0 Å². The second-order valence-corrected chi connectivity index (χ2v) is 6.78. The molecule has 4 nitrogen and oxygen atoms in total. The molecule has 1 aliphatic rings. The molecule has 0 aromatic heterocycles. The largest absolute Gasteiger partial charge is 0.316 e. The van der Waals surface area contributed by atoms with Crippen LogP contribution in [0.1, 0.15) is 25.3 Å². The van der Waals surface area contributed by atoms with Gasteiger partial charge in [-0.2, -0.15) is 0 Å². The number of sulfonamides is 1. The quantitative estimate of drug-likeness (QED) is 0.850. The molecule has 0 amide bonds. The zero-order valence-electron chi connectivity index (χ0n) is 10.8. The number of hydrogen-bond acceptors (Lipinski definition) is 3. The fourth-order valence-electron chi connectivity index (χ4n) is 2.28. The summed E-state index contributed by atoms with van der Waals surface area (Å²) in [6, 6.07) is 7.12. The topological polar surface area (TPSA) is 58.2 Å².